The fourth-order valence-electron chi connectivity index (χ4n) is 3.51. The number of halogens is 2. The molecule has 3 aromatic rings. The molecule has 0 aliphatic carbocycles. The second-order valence-corrected chi connectivity index (χ2v) is 7.79. The summed E-state index contributed by atoms with van der Waals surface area (Å²) in [5.74, 6) is -0.871. The van der Waals surface area contributed by atoms with Crippen LogP contribution in [0.1, 0.15) is 22.1 Å². The van der Waals surface area contributed by atoms with Crippen LogP contribution in [0.15, 0.2) is 60.7 Å². The quantitative estimate of drug-likeness (QED) is 0.510. The average molecular weight is 473 g/mol. The van der Waals surface area contributed by atoms with E-state index in [0.717, 1.165) is 0 Å². The highest BCUT2D eigenvalue weighted by molar-refractivity contribution is 6.32. The minimum absolute atomic E-state index is 0.184. The van der Waals surface area contributed by atoms with Crippen molar-refractivity contribution in [3.8, 4) is 11.5 Å². The predicted octanol–water partition coefficient (Wildman–Crippen LogP) is 5.24. The summed E-state index contributed by atoms with van der Waals surface area (Å²) in [6.07, 6.45) is -0.673. The summed E-state index contributed by atoms with van der Waals surface area (Å²) in [7, 11) is 1.44. The Bertz CT molecular complexity index is 1180. The Hall–Kier alpha value is -3.42. The fraction of sp³-hybridized carbons (Fsp3) is 0.130. The van der Waals surface area contributed by atoms with E-state index in [2.05, 4.69) is 5.32 Å². The van der Waals surface area contributed by atoms with E-state index in [-0.39, 0.29) is 22.4 Å². The number of ether oxygens (including phenoxy) is 2. The molecule has 1 aliphatic rings. The van der Waals surface area contributed by atoms with Crippen molar-refractivity contribution in [2.75, 3.05) is 23.9 Å². The van der Waals surface area contributed by atoms with Gasteiger partial charge in [-0.3, -0.25) is 9.69 Å². The van der Waals surface area contributed by atoms with Crippen LogP contribution in [0.4, 0.5) is 11.4 Å². The number of aliphatic carboxylic acids is 1. The molecule has 7 nitrogen and oxygen atoms in total. The van der Waals surface area contributed by atoms with Crippen molar-refractivity contribution in [3.63, 3.8) is 0 Å². The van der Waals surface area contributed by atoms with Crippen molar-refractivity contribution in [1.82, 2.24) is 0 Å². The van der Waals surface area contributed by atoms with E-state index in [0.29, 0.717) is 27.5 Å². The first-order chi connectivity index (χ1) is 15.4. The SMILES string of the molecule is COc1cc([C@@H]2Nc3ccccc3C(=O)N2c2ccc(Cl)cc2)c(Cl)cc1OCC(=O)O. The number of carboxylic acid groups (broad SMARTS) is 1. The average Bonchev–Trinajstić information content (AvgIpc) is 2.78. The van der Waals surface area contributed by atoms with Gasteiger partial charge in [-0.05, 0) is 42.5 Å². The Morgan fingerprint density at radius 1 is 1.09 bits per heavy atom. The first kappa shape index (κ1) is 21.8. The maximum atomic E-state index is 13.5. The lowest BCUT2D eigenvalue weighted by molar-refractivity contribution is -0.139. The number of nitrogens with zero attached hydrogens (tertiary/aromatic N) is 1. The minimum Gasteiger partial charge on any atom is -0.493 e. The lowest BCUT2D eigenvalue weighted by atomic mass is 10.0. The monoisotopic (exact) mass is 472 g/mol. The standard InChI is InChI=1S/C23H18Cl2N2O5/c1-31-19-10-16(17(25)11-20(19)32-12-21(28)29)22-26-18-5-3-2-4-15(18)23(30)27(22)14-8-6-13(24)7-9-14/h2-11,22,26H,12H2,1H3,(H,28,29)/t22-/m1/s1. The lowest BCUT2D eigenvalue weighted by Crippen LogP contribution is -2.43. The van der Waals surface area contributed by atoms with E-state index in [1.165, 1.54) is 13.2 Å². The smallest absolute Gasteiger partial charge is 0.341 e. The van der Waals surface area contributed by atoms with Gasteiger partial charge in [-0.2, -0.15) is 0 Å². The highest BCUT2D eigenvalue weighted by Crippen LogP contribution is 2.42. The molecule has 1 heterocycles. The number of hydrogen-bond acceptors (Lipinski definition) is 5. The summed E-state index contributed by atoms with van der Waals surface area (Å²) in [6.45, 7) is -0.545. The van der Waals surface area contributed by atoms with Crippen LogP contribution in [-0.4, -0.2) is 30.7 Å². The molecule has 1 atom stereocenters. The van der Waals surface area contributed by atoms with Crippen LogP contribution in [0.25, 0.3) is 0 Å². The molecule has 0 saturated heterocycles. The maximum absolute atomic E-state index is 13.5. The Balaban J connectivity index is 1.83. The maximum Gasteiger partial charge on any atom is 0.341 e. The van der Waals surface area contributed by atoms with Crippen LogP contribution >= 0.6 is 23.2 Å². The van der Waals surface area contributed by atoms with Gasteiger partial charge in [0.15, 0.2) is 18.1 Å². The predicted molar refractivity (Wildman–Crippen MR) is 122 cm³/mol. The zero-order valence-corrected chi connectivity index (χ0v) is 18.4. The van der Waals surface area contributed by atoms with Crippen molar-refractivity contribution in [1.29, 1.82) is 0 Å². The largest absolute Gasteiger partial charge is 0.493 e. The molecular weight excluding hydrogens is 455 g/mol. The van der Waals surface area contributed by atoms with Gasteiger partial charge in [0.2, 0.25) is 0 Å². The van der Waals surface area contributed by atoms with Gasteiger partial charge in [0, 0.05) is 28.0 Å². The van der Waals surface area contributed by atoms with Gasteiger partial charge in [-0.25, -0.2) is 4.79 Å². The molecule has 0 fully saturated rings. The van der Waals surface area contributed by atoms with Gasteiger partial charge >= 0.3 is 5.97 Å². The molecule has 4 rings (SSSR count). The summed E-state index contributed by atoms with van der Waals surface area (Å²) < 4.78 is 10.7. The second kappa shape index (κ2) is 8.98. The number of amides is 1. The highest BCUT2D eigenvalue weighted by Gasteiger charge is 2.35. The summed E-state index contributed by atoms with van der Waals surface area (Å²) in [5, 5.41) is 13.1. The number of rotatable bonds is 6. The lowest BCUT2D eigenvalue weighted by Gasteiger charge is -2.38. The Morgan fingerprint density at radius 3 is 2.50 bits per heavy atom. The van der Waals surface area contributed by atoms with Crippen molar-refractivity contribution in [2.45, 2.75) is 6.17 Å². The van der Waals surface area contributed by atoms with E-state index in [4.69, 9.17) is 37.8 Å². The van der Waals surface area contributed by atoms with Gasteiger partial charge in [0.05, 0.1) is 17.7 Å². The number of fused-ring (bicyclic) bond motifs is 1. The van der Waals surface area contributed by atoms with E-state index >= 15 is 0 Å². The first-order valence-electron chi connectivity index (χ1n) is 9.55. The topological polar surface area (TPSA) is 88.1 Å². The van der Waals surface area contributed by atoms with Crippen LogP contribution in [0.3, 0.4) is 0 Å². The molecule has 3 aromatic carbocycles. The molecule has 0 saturated carbocycles. The Morgan fingerprint density at radius 2 is 1.81 bits per heavy atom. The molecule has 164 valence electrons. The van der Waals surface area contributed by atoms with Gasteiger partial charge in [-0.1, -0.05) is 35.3 Å². The fourth-order valence-corrected chi connectivity index (χ4v) is 3.89. The third-order valence-corrected chi connectivity index (χ3v) is 5.54. The number of carboxylic acids is 1. The number of nitrogens with one attached hydrogen (secondary N) is 1. The number of hydrogen-bond donors (Lipinski definition) is 2. The number of anilines is 2. The van der Waals surface area contributed by atoms with Gasteiger partial charge < -0.3 is 19.9 Å². The highest BCUT2D eigenvalue weighted by atomic mass is 35.5. The number of benzene rings is 3. The van der Waals surface area contributed by atoms with Crippen LogP contribution in [-0.2, 0) is 4.79 Å². The van der Waals surface area contributed by atoms with Crippen LogP contribution in [0.2, 0.25) is 10.0 Å². The van der Waals surface area contributed by atoms with E-state index in [1.54, 1.807) is 47.4 Å². The third-order valence-electron chi connectivity index (χ3n) is 4.96. The zero-order valence-electron chi connectivity index (χ0n) is 16.8. The second-order valence-electron chi connectivity index (χ2n) is 6.95. The number of carbonyl (C=O) groups excluding carboxylic acids is 1. The van der Waals surface area contributed by atoms with Gasteiger partial charge in [0.25, 0.3) is 5.91 Å². The molecule has 9 heteroatoms. The molecule has 0 radical (unpaired) electrons. The molecule has 1 aliphatic heterocycles. The summed E-state index contributed by atoms with van der Waals surface area (Å²) >= 11 is 12.6. The molecule has 0 bridgehead atoms. The molecular formula is C23H18Cl2N2O5. The molecule has 32 heavy (non-hydrogen) atoms. The van der Waals surface area contributed by atoms with E-state index in [1.807, 2.05) is 12.1 Å². The zero-order chi connectivity index (χ0) is 22.8. The van der Waals surface area contributed by atoms with Crippen molar-refractivity contribution in [3.05, 3.63) is 81.8 Å². The van der Waals surface area contributed by atoms with Crippen molar-refractivity contribution in [2.24, 2.45) is 0 Å². The van der Waals surface area contributed by atoms with Gasteiger partial charge in [-0.15, -0.1) is 0 Å². The Kier molecular flexibility index (Phi) is 6.12. The summed E-state index contributed by atoms with van der Waals surface area (Å²) in [4.78, 5) is 26.0. The first-order valence-corrected chi connectivity index (χ1v) is 10.3. The number of methoxy groups -OCH3 is 1. The summed E-state index contributed by atoms with van der Waals surface area (Å²) in [6, 6.07) is 17.2. The number of carbonyl (C=O) groups is 2. The molecule has 0 unspecified atom stereocenters. The Labute approximate surface area is 194 Å². The van der Waals surface area contributed by atoms with Crippen LogP contribution in [0.5, 0.6) is 11.5 Å². The summed E-state index contributed by atoms with van der Waals surface area (Å²) in [5.41, 5.74) is 2.34. The molecule has 2 N–H and O–H groups in total. The third kappa shape index (κ3) is 4.17. The molecule has 1 amide bonds. The minimum atomic E-state index is -1.13. The van der Waals surface area contributed by atoms with E-state index < -0.39 is 18.7 Å². The van der Waals surface area contributed by atoms with Crippen LogP contribution in [0, 0.1) is 0 Å². The molecule has 0 aromatic heterocycles. The van der Waals surface area contributed by atoms with E-state index in [9.17, 15) is 9.59 Å². The van der Waals surface area contributed by atoms with Crippen LogP contribution < -0.4 is 19.7 Å². The van der Waals surface area contributed by atoms with Crippen molar-refractivity contribution >= 4 is 46.5 Å². The number of para-hydroxylation sites is 1. The molecule has 0 spiro atoms. The normalized spacial score (nSPS) is 15.0. The van der Waals surface area contributed by atoms with Gasteiger partial charge in [0.1, 0.15) is 6.17 Å². The van der Waals surface area contributed by atoms with Crippen molar-refractivity contribution < 1.29 is 24.2 Å².